The molecule has 0 atom stereocenters. The number of rotatable bonds is 1. The third kappa shape index (κ3) is 1.91. The summed E-state index contributed by atoms with van der Waals surface area (Å²) in [6.07, 6.45) is 4.45. The van der Waals surface area contributed by atoms with Crippen molar-refractivity contribution in [1.82, 2.24) is 15.0 Å². The lowest BCUT2D eigenvalue weighted by Gasteiger charge is -2.35. The Morgan fingerprint density at radius 3 is 2.57 bits per heavy atom. The maximum Gasteiger partial charge on any atom is 0.299 e. The summed E-state index contributed by atoms with van der Waals surface area (Å²) in [5.74, 6) is -3.05. The minimum atomic E-state index is -3.05. The summed E-state index contributed by atoms with van der Waals surface area (Å²) >= 11 is 0. The van der Waals surface area contributed by atoms with Crippen molar-refractivity contribution in [2.24, 2.45) is 4.99 Å². The first-order valence-corrected chi connectivity index (χ1v) is 7.27. The van der Waals surface area contributed by atoms with Crippen molar-refractivity contribution in [2.45, 2.75) is 25.3 Å². The fraction of sp³-hybridized carbons (Fsp3) is 0.235. The zero-order valence-electron chi connectivity index (χ0n) is 12.6. The highest BCUT2D eigenvalue weighted by Gasteiger charge is 2.53. The number of para-hydroxylation sites is 2. The number of nitrogens with one attached hydrogen (secondary N) is 1. The molecule has 1 aliphatic heterocycles. The van der Waals surface area contributed by atoms with Crippen molar-refractivity contribution in [3.05, 3.63) is 59.7 Å². The van der Waals surface area contributed by atoms with E-state index in [-0.39, 0.29) is 5.56 Å². The second kappa shape index (κ2) is 4.44. The number of H-pyrrole nitrogens is 1. The number of aromatic amines is 1. The topological polar surface area (TPSA) is 53.9 Å². The van der Waals surface area contributed by atoms with Gasteiger partial charge in [0.05, 0.1) is 28.5 Å². The maximum atomic E-state index is 14.6. The lowest BCUT2D eigenvalue weighted by molar-refractivity contribution is -0.0680. The summed E-state index contributed by atoms with van der Waals surface area (Å²) in [5.41, 5.74) is 1.17. The van der Waals surface area contributed by atoms with Crippen LogP contribution in [0.25, 0.3) is 11.0 Å². The Bertz CT molecular complexity index is 940. The monoisotopic (exact) mass is 312 g/mol. The van der Waals surface area contributed by atoms with Crippen molar-refractivity contribution in [3.63, 3.8) is 0 Å². The van der Waals surface area contributed by atoms with E-state index >= 15 is 0 Å². The van der Waals surface area contributed by atoms with Crippen LogP contribution in [-0.2, 0) is 5.92 Å². The number of benzene rings is 1. The molecule has 116 valence electrons. The molecule has 0 aliphatic carbocycles. The Morgan fingerprint density at radius 2 is 1.78 bits per heavy atom. The molecular formula is C17H14F2N4. The number of aliphatic imine (C=N–C) groups is 1. The number of hydrogen-bond acceptors (Lipinski definition) is 3. The minimum Gasteiger partial charge on any atom is -0.366 e. The van der Waals surface area contributed by atoms with Gasteiger partial charge < -0.3 is 4.98 Å². The summed E-state index contributed by atoms with van der Waals surface area (Å²) < 4.78 is 29.2. The molecule has 0 amide bonds. The molecular weight excluding hydrogens is 298 g/mol. The van der Waals surface area contributed by atoms with Gasteiger partial charge >= 0.3 is 0 Å². The third-order valence-corrected chi connectivity index (χ3v) is 4.19. The van der Waals surface area contributed by atoms with Crippen molar-refractivity contribution in [3.8, 4) is 0 Å². The molecule has 0 radical (unpaired) electrons. The first-order chi connectivity index (χ1) is 10.9. The molecule has 0 saturated carbocycles. The van der Waals surface area contributed by atoms with E-state index in [4.69, 9.17) is 0 Å². The predicted molar refractivity (Wildman–Crippen MR) is 83.9 cm³/mol. The van der Waals surface area contributed by atoms with Crippen LogP contribution in [0, 0.1) is 0 Å². The highest BCUT2D eigenvalue weighted by atomic mass is 19.3. The van der Waals surface area contributed by atoms with Gasteiger partial charge in [-0.2, -0.15) is 8.78 Å². The number of alkyl halides is 2. The molecule has 4 nitrogen and oxygen atoms in total. The van der Waals surface area contributed by atoms with Crippen molar-refractivity contribution in [2.75, 3.05) is 0 Å². The van der Waals surface area contributed by atoms with Crippen LogP contribution in [0.4, 0.5) is 8.78 Å². The molecule has 0 saturated heterocycles. The summed E-state index contributed by atoms with van der Waals surface area (Å²) in [6.45, 7) is 2.86. The van der Waals surface area contributed by atoms with E-state index in [0.717, 1.165) is 5.52 Å². The van der Waals surface area contributed by atoms with E-state index in [1.807, 2.05) is 24.3 Å². The summed E-state index contributed by atoms with van der Waals surface area (Å²) in [7, 11) is 0. The molecule has 0 spiro atoms. The first kappa shape index (κ1) is 14.0. The first-order valence-electron chi connectivity index (χ1n) is 7.27. The van der Waals surface area contributed by atoms with E-state index in [0.29, 0.717) is 22.5 Å². The van der Waals surface area contributed by atoms with Crippen LogP contribution in [0.3, 0.4) is 0 Å². The number of fused-ring (bicyclic) bond motifs is 2. The number of hydrogen-bond donors (Lipinski definition) is 1. The zero-order valence-corrected chi connectivity index (χ0v) is 12.6. The Kier molecular flexibility index (Phi) is 2.70. The highest BCUT2D eigenvalue weighted by Crippen LogP contribution is 2.46. The van der Waals surface area contributed by atoms with Crippen molar-refractivity contribution in [1.29, 1.82) is 0 Å². The molecule has 1 aromatic carbocycles. The van der Waals surface area contributed by atoms with Crippen LogP contribution in [0.5, 0.6) is 0 Å². The molecule has 2 aromatic heterocycles. The number of aromatic nitrogens is 3. The van der Waals surface area contributed by atoms with Gasteiger partial charge in [0.1, 0.15) is 11.2 Å². The van der Waals surface area contributed by atoms with Crippen LogP contribution in [0.15, 0.2) is 47.8 Å². The van der Waals surface area contributed by atoms with E-state index in [1.54, 1.807) is 6.20 Å². The standard InChI is InChI=1S/C17H14F2N4/c1-16(2)17(18,19)11-8-20-7-10(11)15(23-16)14-9-21-12-5-3-4-6-13(12)22-14/h3-9,20H,1-2H3. The van der Waals surface area contributed by atoms with Crippen molar-refractivity contribution < 1.29 is 8.78 Å². The van der Waals surface area contributed by atoms with Gasteiger partial charge in [-0.05, 0) is 26.0 Å². The highest BCUT2D eigenvalue weighted by molar-refractivity contribution is 6.14. The minimum absolute atomic E-state index is 0.0533. The summed E-state index contributed by atoms with van der Waals surface area (Å²) in [4.78, 5) is 16.0. The molecule has 1 aliphatic rings. The normalized spacial score (nSPS) is 18.5. The Balaban J connectivity index is 1.95. The van der Waals surface area contributed by atoms with Gasteiger partial charge in [0.25, 0.3) is 5.92 Å². The fourth-order valence-corrected chi connectivity index (χ4v) is 2.83. The van der Waals surface area contributed by atoms with Gasteiger partial charge in [-0.1, -0.05) is 12.1 Å². The summed E-state index contributed by atoms with van der Waals surface area (Å²) in [6, 6.07) is 7.44. The van der Waals surface area contributed by atoms with Gasteiger partial charge in [-0.3, -0.25) is 9.98 Å². The van der Waals surface area contributed by atoms with E-state index in [9.17, 15) is 8.78 Å². The lowest BCUT2D eigenvalue weighted by atomic mass is 9.85. The van der Waals surface area contributed by atoms with Crippen LogP contribution in [-0.4, -0.2) is 26.2 Å². The zero-order chi connectivity index (χ0) is 16.2. The third-order valence-electron chi connectivity index (χ3n) is 4.19. The Hall–Kier alpha value is -2.63. The number of nitrogens with zero attached hydrogens (tertiary/aromatic N) is 3. The van der Waals surface area contributed by atoms with Gasteiger partial charge in [-0.15, -0.1) is 0 Å². The molecule has 0 fully saturated rings. The van der Waals surface area contributed by atoms with E-state index in [2.05, 4.69) is 19.9 Å². The van der Waals surface area contributed by atoms with E-state index < -0.39 is 11.5 Å². The lowest BCUT2D eigenvalue weighted by Crippen LogP contribution is -2.43. The molecule has 6 heteroatoms. The van der Waals surface area contributed by atoms with Crippen LogP contribution < -0.4 is 0 Å². The summed E-state index contributed by atoms with van der Waals surface area (Å²) in [5, 5.41) is 0. The van der Waals surface area contributed by atoms with Gasteiger partial charge in [0.2, 0.25) is 0 Å². The average molecular weight is 312 g/mol. The predicted octanol–water partition coefficient (Wildman–Crippen LogP) is 3.68. The van der Waals surface area contributed by atoms with Crippen molar-refractivity contribution >= 4 is 16.7 Å². The van der Waals surface area contributed by atoms with Crippen LogP contribution in [0.1, 0.15) is 30.7 Å². The second-order valence-corrected chi connectivity index (χ2v) is 6.12. The van der Waals surface area contributed by atoms with Crippen LogP contribution >= 0.6 is 0 Å². The molecule has 4 rings (SSSR count). The average Bonchev–Trinajstić information content (AvgIpc) is 3.01. The van der Waals surface area contributed by atoms with Gasteiger partial charge in [0.15, 0.2) is 0 Å². The van der Waals surface area contributed by atoms with Crippen LogP contribution in [0.2, 0.25) is 0 Å². The maximum absolute atomic E-state index is 14.6. The molecule has 3 aromatic rings. The second-order valence-electron chi connectivity index (χ2n) is 6.12. The smallest absolute Gasteiger partial charge is 0.299 e. The fourth-order valence-electron chi connectivity index (χ4n) is 2.83. The quantitative estimate of drug-likeness (QED) is 0.745. The molecule has 0 bridgehead atoms. The van der Waals surface area contributed by atoms with Gasteiger partial charge in [0, 0.05) is 18.0 Å². The molecule has 23 heavy (non-hydrogen) atoms. The molecule has 0 unspecified atom stereocenters. The Labute approximate surface area is 131 Å². The van der Waals surface area contributed by atoms with E-state index in [1.165, 1.54) is 26.2 Å². The van der Waals surface area contributed by atoms with Gasteiger partial charge in [-0.25, -0.2) is 4.98 Å². The Morgan fingerprint density at radius 1 is 1.04 bits per heavy atom. The largest absolute Gasteiger partial charge is 0.366 e. The number of halogens is 2. The SMILES string of the molecule is CC1(C)N=C(c2cnc3ccccc3n2)c2c[nH]cc2C1(F)F. The molecule has 1 N–H and O–H groups in total. The molecule has 3 heterocycles.